The second-order valence-electron chi connectivity index (χ2n) is 4.66. The zero-order valence-electron chi connectivity index (χ0n) is 10.5. The fourth-order valence-electron chi connectivity index (χ4n) is 1.67. The van der Waals surface area contributed by atoms with Crippen LogP contribution in [-0.2, 0) is 0 Å². The van der Waals surface area contributed by atoms with Gasteiger partial charge in [-0.2, -0.15) is 0 Å². The van der Waals surface area contributed by atoms with Crippen molar-refractivity contribution in [3.63, 3.8) is 0 Å². The second kappa shape index (κ2) is 7.15. The van der Waals surface area contributed by atoms with Crippen LogP contribution in [0.4, 0.5) is 8.78 Å². The molecule has 0 radical (unpaired) electrons. The molecule has 0 fully saturated rings. The molecule has 0 amide bonds. The third-order valence-corrected chi connectivity index (χ3v) is 2.55. The van der Waals surface area contributed by atoms with E-state index < -0.39 is 5.92 Å². The van der Waals surface area contributed by atoms with Crippen molar-refractivity contribution >= 4 is 0 Å². The molecule has 0 aliphatic heterocycles. The first-order chi connectivity index (χ1) is 6.87. The molecular formula is C12H25F2N. The lowest BCUT2D eigenvalue weighted by Gasteiger charge is -2.26. The first-order valence-electron chi connectivity index (χ1n) is 5.98. The maximum absolute atomic E-state index is 12.5. The van der Waals surface area contributed by atoms with E-state index in [1.165, 1.54) is 0 Å². The summed E-state index contributed by atoms with van der Waals surface area (Å²) in [6.45, 7) is 9.48. The van der Waals surface area contributed by atoms with Crippen molar-refractivity contribution in [3.05, 3.63) is 0 Å². The monoisotopic (exact) mass is 221 g/mol. The van der Waals surface area contributed by atoms with Gasteiger partial charge in [0.1, 0.15) is 0 Å². The minimum Gasteiger partial charge on any atom is -0.301 e. The quantitative estimate of drug-likeness (QED) is 0.561. The van der Waals surface area contributed by atoms with Crippen LogP contribution >= 0.6 is 0 Å². The Hall–Kier alpha value is -0.180. The van der Waals surface area contributed by atoms with Crippen molar-refractivity contribution in [1.29, 1.82) is 0 Å². The van der Waals surface area contributed by atoms with E-state index >= 15 is 0 Å². The molecule has 15 heavy (non-hydrogen) atoms. The lowest BCUT2D eigenvalue weighted by Crippen LogP contribution is -2.32. The number of hydrogen-bond donors (Lipinski definition) is 0. The maximum Gasteiger partial charge on any atom is 0.245 e. The van der Waals surface area contributed by atoms with Gasteiger partial charge in [-0.3, -0.25) is 0 Å². The Balaban J connectivity index is 3.62. The summed E-state index contributed by atoms with van der Waals surface area (Å²) in [5.41, 5.74) is 0. The molecule has 0 N–H and O–H groups in total. The van der Waals surface area contributed by atoms with Gasteiger partial charge in [-0.1, -0.05) is 6.92 Å². The number of unbranched alkanes of at least 4 members (excludes halogenated alkanes) is 1. The summed E-state index contributed by atoms with van der Waals surface area (Å²) in [6.07, 6.45) is 2.64. The molecule has 0 saturated heterocycles. The highest BCUT2D eigenvalue weighted by Crippen LogP contribution is 2.19. The summed E-state index contributed by atoms with van der Waals surface area (Å²) in [4.78, 5) is 2.35. The Labute approximate surface area is 92.8 Å². The topological polar surface area (TPSA) is 3.24 Å². The number of halogens is 2. The lowest BCUT2D eigenvalue weighted by molar-refractivity contribution is 0.00967. The summed E-state index contributed by atoms with van der Waals surface area (Å²) in [7, 11) is 0. The van der Waals surface area contributed by atoms with Gasteiger partial charge in [0.15, 0.2) is 0 Å². The zero-order chi connectivity index (χ0) is 11.9. The highest BCUT2D eigenvalue weighted by Gasteiger charge is 2.20. The van der Waals surface area contributed by atoms with E-state index in [1.807, 2.05) is 0 Å². The first kappa shape index (κ1) is 14.8. The van der Waals surface area contributed by atoms with Crippen LogP contribution in [0.25, 0.3) is 0 Å². The molecule has 0 aromatic carbocycles. The molecule has 1 nitrogen and oxygen atoms in total. The molecular weight excluding hydrogens is 196 g/mol. The van der Waals surface area contributed by atoms with Gasteiger partial charge in [0.25, 0.3) is 0 Å². The normalized spacial score (nSPS) is 12.8. The van der Waals surface area contributed by atoms with Crippen LogP contribution in [0, 0.1) is 0 Å². The van der Waals surface area contributed by atoms with Crippen LogP contribution < -0.4 is 0 Å². The average Bonchev–Trinajstić information content (AvgIpc) is 2.08. The van der Waals surface area contributed by atoms with Gasteiger partial charge in [-0.05, 0) is 53.1 Å². The smallest absolute Gasteiger partial charge is 0.245 e. The van der Waals surface area contributed by atoms with Crippen LogP contribution in [0.1, 0.15) is 53.4 Å². The van der Waals surface area contributed by atoms with Crippen molar-refractivity contribution in [2.45, 2.75) is 65.3 Å². The molecule has 0 unspecified atom stereocenters. The van der Waals surface area contributed by atoms with Crippen molar-refractivity contribution in [1.82, 2.24) is 4.90 Å². The number of nitrogens with zero attached hydrogens (tertiary/aromatic N) is 1. The third-order valence-electron chi connectivity index (χ3n) is 2.55. The van der Waals surface area contributed by atoms with E-state index in [9.17, 15) is 8.78 Å². The number of rotatable bonds is 8. The molecule has 0 saturated carbocycles. The molecule has 92 valence electrons. The molecule has 0 rings (SSSR count). The van der Waals surface area contributed by atoms with Crippen molar-refractivity contribution in [3.8, 4) is 0 Å². The largest absolute Gasteiger partial charge is 0.301 e. The molecule has 0 aliphatic carbocycles. The van der Waals surface area contributed by atoms with E-state index in [1.54, 1.807) is 0 Å². The highest BCUT2D eigenvalue weighted by molar-refractivity contribution is 4.64. The summed E-state index contributed by atoms with van der Waals surface area (Å²) >= 11 is 0. The van der Waals surface area contributed by atoms with Gasteiger partial charge < -0.3 is 4.90 Å². The van der Waals surface area contributed by atoms with Crippen LogP contribution in [-0.4, -0.2) is 30.0 Å². The molecule has 0 bridgehead atoms. The summed E-state index contributed by atoms with van der Waals surface area (Å²) < 4.78 is 25.1. The summed E-state index contributed by atoms with van der Waals surface area (Å²) in [5.74, 6) is -2.49. The fourth-order valence-corrected chi connectivity index (χ4v) is 1.67. The second-order valence-corrected chi connectivity index (χ2v) is 4.66. The van der Waals surface area contributed by atoms with E-state index in [0.717, 1.165) is 32.9 Å². The Morgan fingerprint density at radius 1 is 1.13 bits per heavy atom. The van der Waals surface area contributed by atoms with Crippen LogP contribution in [0.15, 0.2) is 0 Å². The van der Waals surface area contributed by atoms with Gasteiger partial charge in [0.2, 0.25) is 5.92 Å². The Morgan fingerprint density at radius 2 is 1.73 bits per heavy atom. The van der Waals surface area contributed by atoms with Crippen molar-refractivity contribution in [2.24, 2.45) is 0 Å². The van der Waals surface area contributed by atoms with Gasteiger partial charge >= 0.3 is 0 Å². The standard InChI is InChI=1S/C12H25F2N/c1-5-9-15(11(2)3)10-7-6-8-12(4,13)14/h11H,5-10H2,1-4H3. The molecule has 0 spiro atoms. The Bertz CT molecular complexity index is 152. The number of alkyl halides is 2. The predicted octanol–water partition coefficient (Wildman–Crippen LogP) is 3.93. The van der Waals surface area contributed by atoms with Crippen LogP contribution in [0.5, 0.6) is 0 Å². The van der Waals surface area contributed by atoms with Crippen LogP contribution in [0.2, 0.25) is 0 Å². The molecule has 0 aromatic heterocycles. The van der Waals surface area contributed by atoms with Crippen LogP contribution in [0.3, 0.4) is 0 Å². The minimum absolute atomic E-state index is 0.0189. The number of hydrogen-bond acceptors (Lipinski definition) is 1. The van der Waals surface area contributed by atoms with Gasteiger partial charge in [-0.25, -0.2) is 8.78 Å². The van der Waals surface area contributed by atoms with Crippen molar-refractivity contribution in [2.75, 3.05) is 13.1 Å². The van der Waals surface area contributed by atoms with Gasteiger partial charge in [0.05, 0.1) is 0 Å². The fraction of sp³-hybridized carbons (Fsp3) is 1.00. The Kier molecular flexibility index (Phi) is 7.07. The van der Waals surface area contributed by atoms with E-state index in [-0.39, 0.29) is 6.42 Å². The van der Waals surface area contributed by atoms with E-state index in [4.69, 9.17) is 0 Å². The lowest BCUT2D eigenvalue weighted by atomic mass is 10.1. The zero-order valence-corrected chi connectivity index (χ0v) is 10.5. The molecule has 3 heteroatoms. The molecule has 0 aromatic rings. The first-order valence-corrected chi connectivity index (χ1v) is 5.98. The molecule has 0 atom stereocenters. The molecule has 0 aliphatic rings. The summed E-state index contributed by atoms with van der Waals surface area (Å²) in [6, 6.07) is 0.520. The van der Waals surface area contributed by atoms with E-state index in [2.05, 4.69) is 25.7 Å². The highest BCUT2D eigenvalue weighted by atomic mass is 19.3. The SMILES string of the molecule is CCCN(CCCCC(C)(F)F)C(C)C. The predicted molar refractivity (Wildman–Crippen MR) is 61.5 cm³/mol. The third kappa shape index (κ3) is 8.79. The Morgan fingerprint density at radius 3 is 2.13 bits per heavy atom. The minimum atomic E-state index is -2.49. The molecule has 0 heterocycles. The average molecular weight is 221 g/mol. The maximum atomic E-state index is 12.5. The summed E-state index contributed by atoms with van der Waals surface area (Å²) in [5, 5.41) is 0. The van der Waals surface area contributed by atoms with Crippen molar-refractivity contribution < 1.29 is 8.78 Å². The van der Waals surface area contributed by atoms with Gasteiger partial charge in [0, 0.05) is 12.5 Å². The van der Waals surface area contributed by atoms with Gasteiger partial charge in [-0.15, -0.1) is 0 Å². The van der Waals surface area contributed by atoms with E-state index in [0.29, 0.717) is 12.5 Å².